The van der Waals surface area contributed by atoms with Crippen molar-refractivity contribution in [2.45, 2.75) is 53.4 Å². The molecule has 0 bridgehead atoms. The summed E-state index contributed by atoms with van der Waals surface area (Å²) in [4.78, 5) is 21.2. The van der Waals surface area contributed by atoms with Crippen molar-refractivity contribution in [2.75, 3.05) is 52.4 Å². The molecular weight excluding hydrogens is 441 g/mol. The lowest BCUT2D eigenvalue weighted by Crippen LogP contribution is -2.40. The van der Waals surface area contributed by atoms with Crippen molar-refractivity contribution in [1.82, 2.24) is 20.4 Å². The van der Waals surface area contributed by atoms with Crippen LogP contribution in [0.15, 0.2) is 4.99 Å². The van der Waals surface area contributed by atoms with E-state index < -0.39 is 0 Å². The van der Waals surface area contributed by atoms with Crippen LogP contribution in [0.4, 0.5) is 0 Å². The Hall–Kier alpha value is -0.570. The Balaban J connectivity index is 0.00000625. The van der Waals surface area contributed by atoms with Gasteiger partial charge in [-0.3, -0.25) is 9.79 Å². The summed E-state index contributed by atoms with van der Waals surface area (Å²) in [6, 6.07) is 0. The summed E-state index contributed by atoms with van der Waals surface area (Å²) in [7, 11) is 0. The first kappa shape index (κ1) is 25.4. The van der Waals surface area contributed by atoms with Gasteiger partial charge in [0.05, 0.1) is 0 Å². The molecule has 2 N–H and O–H groups in total. The van der Waals surface area contributed by atoms with Gasteiger partial charge in [0.1, 0.15) is 0 Å². The minimum absolute atomic E-state index is 0. The smallest absolute Gasteiger partial charge is 0.224 e. The summed E-state index contributed by atoms with van der Waals surface area (Å²) < 4.78 is 0. The van der Waals surface area contributed by atoms with Crippen LogP contribution < -0.4 is 10.6 Å². The van der Waals surface area contributed by atoms with E-state index in [1.165, 1.54) is 32.4 Å². The molecule has 1 aliphatic rings. The lowest BCUT2D eigenvalue weighted by atomic mass is 10.1. The van der Waals surface area contributed by atoms with Crippen LogP contribution in [0.2, 0.25) is 0 Å². The van der Waals surface area contributed by atoms with E-state index in [-0.39, 0.29) is 29.9 Å². The van der Waals surface area contributed by atoms with Crippen LogP contribution in [0.3, 0.4) is 0 Å². The average Bonchev–Trinajstić information content (AvgIpc) is 2.61. The van der Waals surface area contributed by atoms with E-state index in [0.29, 0.717) is 18.9 Å². The minimum atomic E-state index is 0. The molecule has 0 radical (unpaired) electrons. The zero-order valence-corrected chi connectivity index (χ0v) is 19.6. The zero-order valence-electron chi connectivity index (χ0n) is 17.2. The van der Waals surface area contributed by atoms with E-state index in [2.05, 4.69) is 29.4 Å². The lowest BCUT2D eigenvalue weighted by molar-refractivity contribution is -0.130. The summed E-state index contributed by atoms with van der Waals surface area (Å²) >= 11 is 0. The maximum absolute atomic E-state index is 12.1. The Labute approximate surface area is 177 Å². The van der Waals surface area contributed by atoms with Crippen LogP contribution in [-0.2, 0) is 4.79 Å². The number of carbonyl (C=O) groups is 1. The van der Waals surface area contributed by atoms with Gasteiger partial charge in [-0.1, -0.05) is 13.3 Å². The van der Waals surface area contributed by atoms with Gasteiger partial charge in [0.25, 0.3) is 0 Å². The molecule has 1 saturated heterocycles. The molecule has 1 rings (SSSR count). The summed E-state index contributed by atoms with van der Waals surface area (Å²) in [6.45, 7) is 15.8. The van der Waals surface area contributed by atoms with E-state index in [4.69, 9.17) is 4.99 Å². The number of likely N-dealkylation sites (tertiary alicyclic amines) is 1. The first-order chi connectivity index (χ1) is 12.1. The third-order valence-electron chi connectivity index (χ3n) is 4.67. The second kappa shape index (κ2) is 15.5. The molecule has 0 aromatic carbocycles. The average molecular weight is 481 g/mol. The number of rotatable bonds is 10. The van der Waals surface area contributed by atoms with Gasteiger partial charge in [0.2, 0.25) is 5.91 Å². The molecular formula is C19H40IN5O. The fraction of sp³-hybridized carbons (Fsp3) is 0.895. The van der Waals surface area contributed by atoms with Crippen LogP contribution in [0, 0.1) is 5.92 Å². The van der Waals surface area contributed by atoms with Crippen LogP contribution in [0.5, 0.6) is 0 Å². The number of nitrogens with one attached hydrogen (secondary N) is 2. The van der Waals surface area contributed by atoms with Gasteiger partial charge >= 0.3 is 0 Å². The quantitative estimate of drug-likeness (QED) is 0.286. The van der Waals surface area contributed by atoms with Gasteiger partial charge in [0.15, 0.2) is 5.96 Å². The number of guanidine groups is 1. The Morgan fingerprint density at radius 1 is 1.12 bits per heavy atom. The number of nitrogens with zero attached hydrogens (tertiary/aromatic N) is 3. The predicted molar refractivity (Wildman–Crippen MR) is 121 cm³/mol. The van der Waals surface area contributed by atoms with Gasteiger partial charge in [-0.25, -0.2) is 0 Å². The monoisotopic (exact) mass is 481 g/mol. The van der Waals surface area contributed by atoms with Crippen LogP contribution in [0.1, 0.15) is 53.4 Å². The normalized spacial score (nSPS) is 16.5. The van der Waals surface area contributed by atoms with E-state index in [9.17, 15) is 4.79 Å². The molecule has 1 aliphatic heterocycles. The van der Waals surface area contributed by atoms with E-state index >= 15 is 0 Å². The van der Waals surface area contributed by atoms with Crippen LogP contribution >= 0.6 is 24.0 Å². The van der Waals surface area contributed by atoms with Crippen molar-refractivity contribution in [3.05, 3.63) is 0 Å². The summed E-state index contributed by atoms with van der Waals surface area (Å²) in [5, 5.41) is 6.56. The molecule has 0 saturated carbocycles. The first-order valence-corrected chi connectivity index (χ1v) is 10.1. The Kier molecular flexibility index (Phi) is 15.1. The molecule has 1 amide bonds. The van der Waals surface area contributed by atoms with E-state index in [1.54, 1.807) is 0 Å². The highest BCUT2D eigenvalue weighted by Gasteiger charge is 2.13. The third-order valence-corrected chi connectivity index (χ3v) is 4.67. The number of carbonyl (C=O) groups excluding carboxylic acids is 1. The molecule has 0 aromatic heterocycles. The van der Waals surface area contributed by atoms with Gasteiger partial charge in [-0.15, -0.1) is 24.0 Å². The predicted octanol–water partition coefficient (Wildman–Crippen LogP) is 2.54. The molecule has 1 fully saturated rings. The number of hydrogen-bond acceptors (Lipinski definition) is 3. The molecule has 7 heteroatoms. The van der Waals surface area contributed by atoms with Gasteiger partial charge < -0.3 is 20.4 Å². The highest BCUT2D eigenvalue weighted by Crippen LogP contribution is 2.11. The van der Waals surface area contributed by atoms with Crippen LogP contribution in [0.25, 0.3) is 0 Å². The SMILES string of the molecule is CCNC(=NCC(C)CN1CCCCC1)NCCC(=O)N(CC)CC.I. The number of halogens is 1. The van der Waals surface area contributed by atoms with Crippen molar-refractivity contribution in [2.24, 2.45) is 10.9 Å². The summed E-state index contributed by atoms with van der Waals surface area (Å²) in [5.74, 6) is 1.57. The van der Waals surface area contributed by atoms with Gasteiger partial charge in [0, 0.05) is 45.7 Å². The Morgan fingerprint density at radius 2 is 1.77 bits per heavy atom. The number of aliphatic imine (C=N–C) groups is 1. The number of amides is 1. The Morgan fingerprint density at radius 3 is 2.35 bits per heavy atom. The standard InChI is InChI=1S/C19H39N5O.HI/c1-5-20-19(21-12-11-18(25)24(6-2)7-3)22-15-17(4)16-23-13-9-8-10-14-23;/h17H,5-16H2,1-4H3,(H2,20,21,22);1H. The molecule has 1 atom stereocenters. The zero-order chi connectivity index (χ0) is 18.5. The molecule has 154 valence electrons. The molecule has 0 aliphatic carbocycles. The molecule has 26 heavy (non-hydrogen) atoms. The minimum Gasteiger partial charge on any atom is -0.357 e. The first-order valence-electron chi connectivity index (χ1n) is 10.1. The second-order valence-corrected chi connectivity index (χ2v) is 6.93. The fourth-order valence-corrected chi connectivity index (χ4v) is 3.25. The molecule has 0 aromatic rings. The number of hydrogen-bond donors (Lipinski definition) is 2. The molecule has 1 heterocycles. The van der Waals surface area contributed by atoms with Gasteiger partial charge in [-0.2, -0.15) is 0 Å². The second-order valence-electron chi connectivity index (χ2n) is 6.93. The lowest BCUT2D eigenvalue weighted by Gasteiger charge is -2.28. The summed E-state index contributed by atoms with van der Waals surface area (Å²) in [5.41, 5.74) is 0. The van der Waals surface area contributed by atoms with Crippen molar-refractivity contribution >= 4 is 35.8 Å². The Bertz CT molecular complexity index is 395. The van der Waals surface area contributed by atoms with Gasteiger partial charge in [-0.05, 0) is 52.6 Å². The molecule has 1 unspecified atom stereocenters. The maximum atomic E-state index is 12.1. The number of piperidine rings is 1. The van der Waals surface area contributed by atoms with Crippen molar-refractivity contribution < 1.29 is 4.79 Å². The largest absolute Gasteiger partial charge is 0.357 e. The highest BCUT2D eigenvalue weighted by molar-refractivity contribution is 14.0. The fourth-order valence-electron chi connectivity index (χ4n) is 3.25. The topological polar surface area (TPSA) is 60.0 Å². The van der Waals surface area contributed by atoms with Crippen molar-refractivity contribution in [3.63, 3.8) is 0 Å². The van der Waals surface area contributed by atoms with E-state index in [0.717, 1.165) is 38.7 Å². The third kappa shape index (κ3) is 10.5. The van der Waals surface area contributed by atoms with Crippen molar-refractivity contribution in [1.29, 1.82) is 0 Å². The molecule has 6 nitrogen and oxygen atoms in total. The van der Waals surface area contributed by atoms with Crippen molar-refractivity contribution in [3.8, 4) is 0 Å². The summed E-state index contributed by atoms with van der Waals surface area (Å²) in [6.07, 6.45) is 4.56. The maximum Gasteiger partial charge on any atom is 0.224 e. The highest BCUT2D eigenvalue weighted by atomic mass is 127. The molecule has 0 spiro atoms. The van der Waals surface area contributed by atoms with Crippen LogP contribution in [-0.4, -0.2) is 74.0 Å². The van der Waals surface area contributed by atoms with E-state index in [1.807, 2.05) is 18.7 Å².